The molecular weight excluding hydrogens is 591 g/mol. The number of rotatable bonds is 10. The highest BCUT2D eigenvalue weighted by atomic mass is 14.5. The highest BCUT2D eigenvalue weighted by Gasteiger charge is 2.21. The van der Waals surface area contributed by atoms with E-state index in [0.29, 0.717) is 6.54 Å². The molecule has 0 aliphatic heterocycles. The predicted molar refractivity (Wildman–Crippen MR) is 225 cm³/mol. The molecule has 1 nitrogen and oxygen atoms in total. The lowest BCUT2D eigenvalue weighted by molar-refractivity contribution is 0.696. The van der Waals surface area contributed by atoms with Gasteiger partial charge in [-0.15, -0.1) is 0 Å². The lowest BCUT2D eigenvalue weighted by Crippen LogP contribution is -2.16. The molecule has 0 bridgehead atoms. The van der Waals surface area contributed by atoms with Crippen molar-refractivity contribution in [3.63, 3.8) is 0 Å². The second-order valence-electron chi connectivity index (χ2n) is 13.8. The second kappa shape index (κ2) is 23.6. The van der Waals surface area contributed by atoms with E-state index < -0.39 is 0 Å². The molecule has 0 saturated heterocycles. The van der Waals surface area contributed by atoms with Crippen LogP contribution in [-0.2, 0) is 6.42 Å². The summed E-state index contributed by atoms with van der Waals surface area (Å²) in [6.07, 6.45) is 10.1. The average Bonchev–Trinajstić information content (AvgIpc) is 3.04. The van der Waals surface area contributed by atoms with Gasteiger partial charge < -0.3 is 5.73 Å². The van der Waals surface area contributed by atoms with Crippen molar-refractivity contribution in [3.05, 3.63) is 159 Å². The molecule has 1 unspecified atom stereocenters. The fraction of sp³-hybridized carbons (Fsp3) is 0.417. The van der Waals surface area contributed by atoms with E-state index in [2.05, 4.69) is 164 Å². The molecule has 3 rings (SSSR count). The van der Waals surface area contributed by atoms with E-state index in [9.17, 15) is 0 Å². The van der Waals surface area contributed by atoms with E-state index in [1.807, 2.05) is 6.92 Å². The molecule has 1 aliphatic carbocycles. The van der Waals surface area contributed by atoms with Gasteiger partial charge >= 0.3 is 0 Å². The third-order valence-electron chi connectivity index (χ3n) is 8.58. The van der Waals surface area contributed by atoms with Crippen LogP contribution >= 0.6 is 0 Å². The zero-order chi connectivity index (χ0) is 37.8. The van der Waals surface area contributed by atoms with Crippen molar-refractivity contribution >= 4 is 5.57 Å². The molecule has 0 aromatic heterocycles. The minimum atomic E-state index is 0.235. The first-order chi connectivity index (χ1) is 23.0. The third kappa shape index (κ3) is 14.8. The normalized spacial score (nSPS) is 13.6. The van der Waals surface area contributed by atoms with Crippen LogP contribution in [0.4, 0.5) is 0 Å². The van der Waals surface area contributed by atoms with E-state index in [0.717, 1.165) is 30.4 Å². The number of allylic oxidation sites excluding steroid dienone is 10. The van der Waals surface area contributed by atoms with Crippen molar-refractivity contribution in [2.45, 2.75) is 122 Å². The van der Waals surface area contributed by atoms with Crippen LogP contribution in [0.15, 0.2) is 131 Å². The van der Waals surface area contributed by atoms with Gasteiger partial charge in [-0.05, 0) is 132 Å². The van der Waals surface area contributed by atoms with Gasteiger partial charge in [0.05, 0.1) is 0 Å². The summed E-state index contributed by atoms with van der Waals surface area (Å²) in [5.74, 6) is 0.235. The van der Waals surface area contributed by atoms with Crippen molar-refractivity contribution in [2.24, 2.45) is 11.7 Å². The first kappa shape index (κ1) is 45.3. The van der Waals surface area contributed by atoms with Gasteiger partial charge in [0.25, 0.3) is 0 Å². The van der Waals surface area contributed by atoms with Gasteiger partial charge in [0.15, 0.2) is 0 Å². The second-order valence-corrected chi connectivity index (χ2v) is 13.8. The number of aryl methyl sites for hydroxylation is 3. The van der Waals surface area contributed by atoms with E-state index in [1.165, 1.54) is 85.2 Å². The lowest BCUT2D eigenvalue weighted by atomic mass is 9.79. The van der Waals surface area contributed by atoms with E-state index in [4.69, 9.17) is 5.73 Å². The summed E-state index contributed by atoms with van der Waals surface area (Å²) in [6, 6.07) is 15.2. The Morgan fingerprint density at radius 1 is 0.755 bits per heavy atom. The predicted octanol–water partition coefficient (Wildman–Crippen LogP) is 14.3. The Morgan fingerprint density at radius 2 is 1.27 bits per heavy atom. The molecule has 2 aromatic carbocycles. The van der Waals surface area contributed by atoms with Crippen molar-refractivity contribution < 1.29 is 0 Å². The van der Waals surface area contributed by atoms with Gasteiger partial charge in [0.1, 0.15) is 0 Å². The molecule has 0 amide bonds. The molecule has 0 radical (unpaired) electrons. The van der Waals surface area contributed by atoms with Gasteiger partial charge in [-0.3, -0.25) is 0 Å². The number of benzene rings is 2. The van der Waals surface area contributed by atoms with E-state index >= 15 is 0 Å². The van der Waals surface area contributed by atoms with Gasteiger partial charge in [0.2, 0.25) is 0 Å². The number of nitrogens with two attached hydrogens (primary N) is 1. The van der Waals surface area contributed by atoms with Crippen molar-refractivity contribution in [1.29, 1.82) is 0 Å². The molecule has 49 heavy (non-hydrogen) atoms. The lowest BCUT2D eigenvalue weighted by Gasteiger charge is -2.26. The van der Waals surface area contributed by atoms with E-state index in [-0.39, 0.29) is 5.92 Å². The molecule has 2 aromatic rings. The Labute approximate surface area is 303 Å². The summed E-state index contributed by atoms with van der Waals surface area (Å²) in [7, 11) is 0. The van der Waals surface area contributed by atoms with Crippen LogP contribution in [0.5, 0.6) is 0 Å². The molecule has 268 valence electrons. The van der Waals surface area contributed by atoms with Gasteiger partial charge in [-0.2, -0.15) is 0 Å². The van der Waals surface area contributed by atoms with Crippen molar-refractivity contribution in [2.75, 3.05) is 6.54 Å². The van der Waals surface area contributed by atoms with Crippen LogP contribution in [0, 0.1) is 26.7 Å². The maximum absolute atomic E-state index is 6.34. The first-order valence-electron chi connectivity index (χ1n) is 18.3. The molecule has 1 aliphatic rings. The SMILES string of the molecule is C=C(C)C(/C(CN)=C(\C)c1ccc(C)cc1)=C(/C)C(Cc1c(C)cccc1C)C(=C)C.C=C(C)C1=C(C(=C)C)CCC=C1.CCC.CCC. The van der Waals surface area contributed by atoms with Gasteiger partial charge in [0, 0.05) is 12.5 Å². The minimum absolute atomic E-state index is 0.235. The molecular formula is C48H71N. The Kier molecular flexibility index (Phi) is 21.9. The summed E-state index contributed by atoms with van der Waals surface area (Å²) in [5, 5.41) is 0. The maximum atomic E-state index is 6.34. The highest BCUT2D eigenvalue weighted by Crippen LogP contribution is 2.36. The summed E-state index contributed by atoms with van der Waals surface area (Å²) >= 11 is 0. The summed E-state index contributed by atoms with van der Waals surface area (Å²) in [6.45, 7) is 44.9. The summed E-state index contributed by atoms with van der Waals surface area (Å²) in [4.78, 5) is 0. The van der Waals surface area contributed by atoms with Crippen molar-refractivity contribution in [1.82, 2.24) is 0 Å². The summed E-state index contributed by atoms with van der Waals surface area (Å²) in [5.41, 5.74) is 25.0. The Bertz CT molecular complexity index is 1510. The first-order valence-corrected chi connectivity index (χ1v) is 18.3. The molecule has 0 spiro atoms. The highest BCUT2D eigenvalue weighted by molar-refractivity contribution is 5.74. The monoisotopic (exact) mass is 662 g/mol. The average molecular weight is 662 g/mol. The third-order valence-corrected chi connectivity index (χ3v) is 8.58. The Morgan fingerprint density at radius 3 is 1.65 bits per heavy atom. The van der Waals surface area contributed by atoms with Crippen LogP contribution in [0.25, 0.3) is 5.57 Å². The smallest absolute Gasteiger partial charge is 0.0187 e. The largest absolute Gasteiger partial charge is 0.326 e. The van der Waals surface area contributed by atoms with Crippen LogP contribution in [0.1, 0.15) is 123 Å². The molecule has 0 heterocycles. The number of hydrogen-bond acceptors (Lipinski definition) is 1. The summed E-state index contributed by atoms with van der Waals surface area (Å²) < 4.78 is 0. The van der Waals surface area contributed by atoms with Crippen LogP contribution in [0.2, 0.25) is 0 Å². The minimum Gasteiger partial charge on any atom is -0.326 e. The number of hydrogen-bond donors (Lipinski definition) is 1. The van der Waals surface area contributed by atoms with Crippen LogP contribution in [0.3, 0.4) is 0 Å². The van der Waals surface area contributed by atoms with Crippen molar-refractivity contribution in [3.8, 4) is 0 Å². The Hall–Kier alpha value is -3.68. The zero-order valence-electron chi connectivity index (χ0n) is 33.9. The van der Waals surface area contributed by atoms with Gasteiger partial charge in [-0.25, -0.2) is 0 Å². The standard InChI is InChI=1S/C30H39N.C12H16.2C3H8/c1-19(2)27(17-28-22(6)11-10-12-23(28)7)25(9)30(20(3)4)29(18-31)24(8)26-15-13-21(5)14-16-26;1-9(2)11-7-5-6-8-12(11)10(3)4;2*1-3-2/h10-16,27H,1,3,17-18,31H2,2,4-9H3;5,7H,1,3,6,8H2,2,4H3;2*3H2,1-2H3/b29-24+,30-25+;;;. The molecule has 2 N–H and O–H groups in total. The molecule has 1 atom stereocenters. The maximum Gasteiger partial charge on any atom is 0.0187 e. The van der Waals surface area contributed by atoms with E-state index in [1.54, 1.807) is 0 Å². The molecule has 0 fully saturated rings. The fourth-order valence-electron chi connectivity index (χ4n) is 6.01. The Balaban J connectivity index is 0.00000105. The quantitative estimate of drug-likeness (QED) is 0.199. The van der Waals surface area contributed by atoms with Crippen LogP contribution in [-0.4, -0.2) is 6.54 Å². The molecule has 1 heteroatoms. The topological polar surface area (TPSA) is 26.0 Å². The zero-order valence-corrected chi connectivity index (χ0v) is 33.9. The molecule has 0 saturated carbocycles. The van der Waals surface area contributed by atoms with Gasteiger partial charge in [-0.1, -0.05) is 155 Å². The fourth-order valence-corrected chi connectivity index (χ4v) is 6.01. The van der Waals surface area contributed by atoms with Crippen LogP contribution < -0.4 is 5.73 Å².